The molecule has 3 N–H and O–H groups in total. The van der Waals surface area contributed by atoms with Gasteiger partial charge in [-0.3, -0.25) is 0 Å². The molecular weight excluding hydrogens is 262 g/mol. The molecular formula is C8H15N5O2S2. The van der Waals surface area contributed by atoms with E-state index in [0.29, 0.717) is 13.1 Å². The monoisotopic (exact) mass is 277 g/mol. The fraction of sp³-hybridized carbons (Fsp3) is 0.750. The van der Waals surface area contributed by atoms with Crippen LogP contribution in [0, 0.1) is 6.92 Å². The Labute approximate surface area is 104 Å². The largest absolute Gasteiger partial charge is 0.357 e. The number of hydrogen-bond donors (Lipinski definition) is 2. The molecule has 0 atom stereocenters. The Hall–Kier alpha value is -0.770. The zero-order valence-electron chi connectivity index (χ0n) is 9.46. The molecule has 0 radical (unpaired) electrons. The molecule has 1 aliphatic heterocycles. The van der Waals surface area contributed by atoms with Gasteiger partial charge in [0.05, 0.1) is 0 Å². The first-order valence-electron chi connectivity index (χ1n) is 5.30. The molecule has 1 aliphatic rings. The van der Waals surface area contributed by atoms with Gasteiger partial charge in [-0.25, -0.2) is 10.1 Å². The van der Waals surface area contributed by atoms with E-state index in [0.717, 1.165) is 23.8 Å². The topological polar surface area (TPSA) is 101 Å². The van der Waals surface area contributed by atoms with Gasteiger partial charge in [-0.1, -0.05) is 0 Å². The zero-order chi connectivity index (χ0) is 12.5. The summed E-state index contributed by atoms with van der Waals surface area (Å²) in [6, 6.07) is 0.236. The van der Waals surface area contributed by atoms with Crippen molar-refractivity contribution in [3.63, 3.8) is 0 Å². The lowest BCUT2D eigenvalue weighted by Gasteiger charge is -2.29. The maximum Gasteiger partial charge on any atom is 0.276 e. The van der Waals surface area contributed by atoms with Crippen LogP contribution in [0.25, 0.3) is 0 Å². The summed E-state index contributed by atoms with van der Waals surface area (Å²) < 4.78 is 27.6. The predicted molar refractivity (Wildman–Crippen MR) is 66.0 cm³/mol. The summed E-state index contributed by atoms with van der Waals surface area (Å²) in [7, 11) is -3.54. The minimum absolute atomic E-state index is 0.236. The second-order valence-corrected chi connectivity index (χ2v) is 6.31. The number of nitrogens with two attached hydrogens (primary N) is 1. The first-order chi connectivity index (χ1) is 7.95. The summed E-state index contributed by atoms with van der Waals surface area (Å²) in [6.07, 6.45) is 1.46. The van der Waals surface area contributed by atoms with Gasteiger partial charge in [-0.05, 0) is 19.8 Å². The first kappa shape index (κ1) is 12.7. The van der Waals surface area contributed by atoms with Crippen LogP contribution in [0.1, 0.15) is 18.7 Å². The minimum Gasteiger partial charge on any atom is -0.357 e. The lowest BCUT2D eigenvalue weighted by Crippen LogP contribution is -2.45. The van der Waals surface area contributed by atoms with Crippen molar-refractivity contribution in [1.82, 2.24) is 13.7 Å². The van der Waals surface area contributed by atoms with Crippen molar-refractivity contribution in [1.29, 1.82) is 0 Å². The minimum atomic E-state index is -3.54. The van der Waals surface area contributed by atoms with E-state index in [1.807, 2.05) is 6.92 Å². The molecule has 7 nitrogen and oxygen atoms in total. The Morgan fingerprint density at radius 2 is 2.12 bits per heavy atom. The molecule has 0 spiro atoms. The Kier molecular flexibility index (Phi) is 3.61. The maximum absolute atomic E-state index is 11.1. The van der Waals surface area contributed by atoms with Crippen LogP contribution in [0.4, 0.5) is 5.13 Å². The number of aromatic nitrogens is 2. The maximum atomic E-state index is 11.1. The standard InChI is InChI=1S/C8H15N5O2S2/c1-6-10-8(16-12-6)11-7-2-4-13(5-3-7)17(9,14)15/h7H,2-5H2,1H3,(H2,9,14,15)(H,10,11,12). The fourth-order valence-corrected chi connectivity index (χ4v) is 3.16. The molecule has 9 heteroatoms. The number of nitrogens with zero attached hydrogens (tertiary/aromatic N) is 3. The Balaban J connectivity index is 1.87. The summed E-state index contributed by atoms with van der Waals surface area (Å²) in [6.45, 7) is 2.74. The highest BCUT2D eigenvalue weighted by atomic mass is 32.2. The molecule has 2 heterocycles. The molecule has 0 amide bonds. The average molecular weight is 277 g/mol. The summed E-state index contributed by atoms with van der Waals surface area (Å²) in [4.78, 5) is 4.21. The number of aryl methyl sites for hydroxylation is 1. The third kappa shape index (κ3) is 3.35. The van der Waals surface area contributed by atoms with Gasteiger partial charge in [0, 0.05) is 30.7 Å². The Morgan fingerprint density at radius 3 is 2.59 bits per heavy atom. The highest BCUT2D eigenvalue weighted by Crippen LogP contribution is 2.18. The van der Waals surface area contributed by atoms with Crippen molar-refractivity contribution in [2.45, 2.75) is 25.8 Å². The average Bonchev–Trinajstić information content (AvgIpc) is 2.63. The molecule has 17 heavy (non-hydrogen) atoms. The van der Waals surface area contributed by atoms with Crippen molar-refractivity contribution < 1.29 is 8.42 Å². The van der Waals surface area contributed by atoms with E-state index in [9.17, 15) is 8.42 Å². The second-order valence-electron chi connectivity index (χ2n) is 4.01. The second kappa shape index (κ2) is 4.84. The van der Waals surface area contributed by atoms with Gasteiger partial charge in [-0.2, -0.15) is 17.1 Å². The number of anilines is 1. The highest BCUT2D eigenvalue weighted by Gasteiger charge is 2.25. The molecule has 0 aromatic carbocycles. The van der Waals surface area contributed by atoms with Crippen LogP contribution in [0.2, 0.25) is 0 Å². The van der Waals surface area contributed by atoms with Crippen LogP contribution < -0.4 is 10.5 Å². The van der Waals surface area contributed by atoms with Crippen LogP contribution >= 0.6 is 11.5 Å². The lowest BCUT2D eigenvalue weighted by molar-refractivity contribution is 0.330. The van der Waals surface area contributed by atoms with Crippen molar-refractivity contribution in [3.8, 4) is 0 Å². The number of nitrogens with one attached hydrogen (secondary N) is 1. The summed E-state index contributed by atoms with van der Waals surface area (Å²) in [5.41, 5.74) is 0. The summed E-state index contributed by atoms with van der Waals surface area (Å²) in [5, 5.41) is 9.11. The predicted octanol–water partition coefficient (Wildman–Crippen LogP) is -0.0737. The van der Waals surface area contributed by atoms with E-state index in [1.54, 1.807) is 0 Å². The third-order valence-corrected chi connectivity index (χ3v) is 4.49. The van der Waals surface area contributed by atoms with Gasteiger partial charge in [0.25, 0.3) is 10.2 Å². The first-order valence-corrected chi connectivity index (χ1v) is 7.57. The molecule has 0 bridgehead atoms. The van der Waals surface area contributed by atoms with Crippen LogP contribution in [-0.2, 0) is 10.2 Å². The van der Waals surface area contributed by atoms with E-state index in [1.165, 1.54) is 15.8 Å². The smallest absolute Gasteiger partial charge is 0.276 e. The number of rotatable bonds is 3. The fourth-order valence-electron chi connectivity index (χ4n) is 1.78. The third-order valence-electron chi connectivity index (χ3n) is 2.67. The van der Waals surface area contributed by atoms with Crippen LogP contribution in [0.3, 0.4) is 0 Å². The van der Waals surface area contributed by atoms with Gasteiger partial charge >= 0.3 is 0 Å². The van der Waals surface area contributed by atoms with Crippen LogP contribution in [0.5, 0.6) is 0 Å². The van der Waals surface area contributed by atoms with Gasteiger partial charge < -0.3 is 5.32 Å². The lowest BCUT2D eigenvalue weighted by atomic mass is 10.1. The molecule has 2 rings (SSSR count). The van der Waals surface area contributed by atoms with Gasteiger partial charge in [0.1, 0.15) is 5.82 Å². The normalized spacial score (nSPS) is 19.4. The molecule has 1 saturated heterocycles. The van der Waals surface area contributed by atoms with E-state index < -0.39 is 10.2 Å². The molecule has 1 aromatic heterocycles. The Bertz CT molecular complexity index is 478. The van der Waals surface area contributed by atoms with Crippen LogP contribution in [0.15, 0.2) is 0 Å². The molecule has 1 aromatic rings. The quantitative estimate of drug-likeness (QED) is 0.805. The van der Waals surface area contributed by atoms with Gasteiger partial charge in [0.15, 0.2) is 0 Å². The van der Waals surface area contributed by atoms with Crippen molar-refractivity contribution in [2.24, 2.45) is 5.14 Å². The van der Waals surface area contributed by atoms with E-state index >= 15 is 0 Å². The SMILES string of the molecule is Cc1nsc(NC2CCN(S(N)(=O)=O)CC2)n1. The number of hydrogen-bond acceptors (Lipinski definition) is 6. The summed E-state index contributed by atoms with van der Waals surface area (Å²) in [5.74, 6) is 0.750. The van der Waals surface area contributed by atoms with E-state index in [-0.39, 0.29) is 6.04 Å². The molecule has 1 fully saturated rings. The molecule has 0 saturated carbocycles. The van der Waals surface area contributed by atoms with Crippen molar-refractivity contribution in [3.05, 3.63) is 5.82 Å². The van der Waals surface area contributed by atoms with E-state index in [2.05, 4.69) is 14.7 Å². The zero-order valence-corrected chi connectivity index (χ0v) is 11.1. The van der Waals surface area contributed by atoms with Gasteiger partial charge in [-0.15, -0.1) is 0 Å². The van der Waals surface area contributed by atoms with Crippen LogP contribution in [-0.4, -0.2) is 41.2 Å². The summed E-state index contributed by atoms with van der Waals surface area (Å²) >= 11 is 1.32. The molecule has 0 unspecified atom stereocenters. The molecule has 0 aliphatic carbocycles. The van der Waals surface area contributed by atoms with Crippen molar-refractivity contribution in [2.75, 3.05) is 18.4 Å². The highest BCUT2D eigenvalue weighted by molar-refractivity contribution is 7.86. The van der Waals surface area contributed by atoms with Crippen molar-refractivity contribution >= 4 is 26.9 Å². The molecule has 96 valence electrons. The Morgan fingerprint density at radius 1 is 1.47 bits per heavy atom. The van der Waals surface area contributed by atoms with E-state index in [4.69, 9.17) is 5.14 Å². The van der Waals surface area contributed by atoms with Gasteiger partial charge in [0.2, 0.25) is 5.13 Å². The number of piperidine rings is 1.